The Hall–Kier alpha value is -0.980. The SMILES string of the molecule is FC1CCCC(F)C1N=C(C1CCCCC1)C1CCCC(C(=NC2C(F)CCCC2F)C2CCCCC2)N1. The standard InChI is InChI=1S/C31H49F4N3/c32-22-14-7-15-23(33)30(22)37-28(20-10-3-1-4-11-20)26-18-9-19-27(36-26)29(21-12-5-2-6-13-21)38-31-24(34)16-8-17-25(31)35/h20-27,30-31,36H,1-19H2. The molecule has 5 rings (SSSR count). The van der Waals surface area contributed by atoms with Crippen LogP contribution in [0.5, 0.6) is 0 Å². The zero-order chi connectivity index (χ0) is 26.5. The number of aliphatic imine (C=N–C) groups is 2. The molecule has 38 heavy (non-hydrogen) atoms. The second kappa shape index (κ2) is 13.6. The second-order valence-corrected chi connectivity index (χ2v) is 12.9. The Labute approximate surface area is 227 Å². The number of piperidine rings is 1. The third kappa shape index (κ3) is 6.83. The van der Waals surface area contributed by atoms with Crippen molar-refractivity contribution in [2.24, 2.45) is 21.8 Å². The molecule has 6 unspecified atom stereocenters. The summed E-state index contributed by atoms with van der Waals surface area (Å²) in [6.07, 6.45) is 11.7. The fourth-order valence-corrected chi connectivity index (χ4v) is 7.98. The van der Waals surface area contributed by atoms with Crippen molar-refractivity contribution in [1.29, 1.82) is 0 Å². The van der Waals surface area contributed by atoms with Crippen molar-refractivity contribution in [3.8, 4) is 0 Å². The third-order valence-electron chi connectivity index (χ3n) is 10.1. The van der Waals surface area contributed by atoms with E-state index in [1.54, 1.807) is 0 Å². The van der Waals surface area contributed by atoms with Gasteiger partial charge in [-0.1, -0.05) is 38.5 Å². The summed E-state index contributed by atoms with van der Waals surface area (Å²) < 4.78 is 59.7. The van der Waals surface area contributed by atoms with Crippen LogP contribution in [0.25, 0.3) is 0 Å². The van der Waals surface area contributed by atoms with Crippen LogP contribution in [-0.4, -0.2) is 60.3 Å². The lowest BCUT2D eigenvalue weighted by atomic mass is 9.77. The van der Waals surface area contributed by atoms with Gasteiger partial charge in [-0.2, -0.15) is 0 Å². The van der Waals surface area contributed by atoms with Gasteiger partial charge in [0.1, 0.15) is 36.8 Å². The molecule has 1 aliphatic heterocycles. The summed E-state index contributed by atoms with van der Waals surface area (Å²) in [4.78, 5) is 9.87. The van der Waals surface area contributed by atoms with Gasteiger partial charge < -0.3 is 5.32 Å². The van der Waals surface area contributed by atoms with E-state index in [1.807, 2.05) is 0 Å². The number of alkyl halides is 4. The highest BCUT2D eigenvalue weighted by Crippen LogP contribution is 2.35. The molecule has 0 bridgehead atoms. The zero-order valence-electron chi connectivity index (χ0n) is 23.1. The predicted octanol–water partition coefficient (Wildman–Crippen LogP) is 8.00. The average molecular weight is 540 g/mol. The van der Waals surface area contributed by atoms with Crippen LogP contribution >= 0.6 is 0 Å². The molecule has 0 aromatic heterocycles. The normalized spacial score (nSPS) is 41.3. The maximum Gasteiger partial charge on any atom is 0.125 e. The van der Waals surface area contributed by atoms with Crippen LogP contribution in [0, 0.1) is 11.8 Å². The first-order valence-corrected chi connectivity index (χ1v) is 16.0. The van der Waals surface area contributed by atoms with Gasteiger partial charge in [0.2, 0.25) is 0 Å². The predicted molar refractivity (Wildman–Crippen MR) is 147 cm³/mol. The largest absolute Gasteiger partial charge is 0.301 e. The van der Waals surface area contributed by atoms with Gasteiger partial charge in [-0.25, -0.2) is 17.6 Å². The van der Waals surface area contributed by atoms with E-state index in [2.05, 4.69) is 5.32 Å². The molecule has 5 aliphatic rings. The summed E-state index contributed by atoms with van der Waals surface area (Å²) in [5, 5.41) is 3.84. The number of halogens is 4. The molecular weight excluding hydrogens is 490 g/mol. The highest BCUT2D eigenvalue weighted by Gasteiger charge is 2.40. The van der Waals surface area contributed by atoms with Gasteiger partial charge in [0.05, 0.1) is 0 Å². The zero-order valence-corrected chi connectivity index (χ0v) is 23.1. The van der Waals surface area contributed by atoms with Crippen molar-refractivity contribution in [2.75, 3.05) is 0 Å². The van der Waals surface area contributed by atoms with Gasteiger partial charge in [0.15, 0.2) is 0 Å². The molecule has 1 N–H and O–H groups in total. The molecule has 1 saturated heterocycles. The van der Waals surface area contributed by atoms with Gasteiger partial charge in [-0.15, -0.1) is 0 Å². The minimum Gasteiger partial charge on any atom is -0.301 e. The monoisotopic (exact) mass is 539 g/mol. The van der Waals surface area contributed by atoms with E-state index >= 15 is 0 Å². The number of nitrogens with one attached hydrogen (secondary N) is 1. The Kier molecular flexibility index (Phi) is 10.2. The Bertz CT molecular complexity index is 723. The molecule has 4 saturated carbocycles. The summed E-state index contributed by atoms with van der Waals surface area (Å²) in [7, 11) is 0. The second-order valence-electron chi connectivity index (χ2n) is 12.9. The van der Waals surface area contributed by atoms with Crippen molar-refractivity contribution < 1.29 is 17.6 Å². The van der Waals surface area contributed by atoms with E-state index in [0.717, 1.165) is 82.1 Å². The first-order valence-electron chi connectivity index (χ1n) is 16.0. The van der Waals surface area contributed by atoms with Crippen LogP contribution in [0.4, 0.5) is 17.6 Å². The van der Waals surface area contributed by atoms with E-state index in [1.165, 1.54) is 12.8 Å². The van der Waals surface area contributed by atoms with Crippen LogP contribution in [0.2, 0.25) is 0 Å². The summed E-state index contributed by atoms with van der Waals surface area (Å²) >= 11 is 0. The number of nitrogens with zero attached hydrogens (tertiary/aromatic N) is 2. The molecule has 0 radical (unpaired) electrons. The average Bonchev–Trinajstić information content (AvgIpc) is 2.94. The molecule has 216 valence electrons. The lowest BCUT2D eigenvalue weighted by molar-refractivity contribution is 0.127. The molecular formula is C31H49F4N3. The molecule has 5 fully saturated rings. The van der Waals surface area contributed by atoms with E-state index in [-0.39, 0.29) is 23.9 Å². The Morgan fingerprint density at radius 2 is 0.763 bits per heavy atom. The molecule has 3 nitrogen and oxygen atoms in total. The van der Waals surface area contributed by atoms with Crippen LogP contribution in [0.3, 0.4) is 0 Å². The van der Waals surface area contributed by atoms with E-state index in [9.17, 15) is 17.6 Å². The maximum atomic E-state index is 14.9. The van der Waals surface area contributed by atoms with Crippen LogP contribution in [0.15, 0.2) is 9.98 Å². The molecule has 4 aliphatic carbocycles. The van der Waals surface area contributed by atoms with E-state index in [4.69, 9.17) is 9.98 Å². The minimum atomic E-state index is -1.22. The summed E-state index contributed by atoms with van der Waals surface area (Å²) in [5.74, 6) is 0.528. The first kappa shape index (κ1) is 28.5. The van der Waals surface area contributed by atoms with Crippen molar-refractivity contribution in [3.05, 3.63) is 0 Å². The first-order chi connectivity index (χ1) is 18.5. The lowest BCUT2D eigenvalue weighted by Gasteiger charge is -2.40. The topological polar surface area (TPSA) is 36.8 Å². The molecule has 0 aromatic rings. The minimum absolute atomic E-state index is 0.0410. The highest BCUT2D eigenvalue weighted by atomic mass is 19.2. The maximum absolute atomic E-state index is 14.9. The molecule has 7 heteroatoms. The van der Waals surface area contributed by atoms with Crippen molar-refractivity contribution in [1.82, 2.24) is 5.32 Å². The summed E-state index contributed by atoms with van der Waals surface area (Å²) in [6.45, 7) is 0. The number of hydrogen-bond donors (Lipinski definition) is 1. The van der Waals surface area contributed by atoms with Gasteiger partial charge in [-0.3, -0.25) is 9.98 Å². The lowest BCUT2D eigenvalue weighted by Crippen LogP contribution is -2.54. The molecule has 6 atom stereocenters. The van der Waals surface area contributed by atoms with Crippen molar-refractivity contribution in [3.63, 3.8) is 0 Å². The van der Waals surface area contributed by atoms with Gasteiger partial charge in [0.25, 0.3) is 0 Å². The fourth-order valence-electron chi connectivity index (χ4n) is 7.98. The van der Waals surface area contributed by atoms with Gasteiger partial charge >= 0.3 is 0 Å². The van der Waals surface area contributed by atoms with Gasteiger partial charge in [-0.05, 0) is 95.3 Å². The fraction of sp³-hybridized carbons (Fsp3) is 0.935. The summed E-state index contributed by atoms with van der Waals surface area (Å²) in [5.41, 5.74) is 1.94. The highest BCUT2D eigenvalue weighted by molar-refractivity contribution is 5.95. The van der Waals surface area contributed by atoms with Crippen LogP contribution < -0.4 is 5.32 Å². The molecule has 1 heterocycles. The molecule has 0 aromatic carbocycles. The quantitative estimate of drug-likeness (QED) is 0.269. The van der Waals surface area contributed by atoms with Gasteiger partial charge in [0, 0.05) is 23.5 Å². The molecule has 0 amide bonds. The molecule has 0 spiro atoms. The van der Waals surface area contributed by atoms with E-state index < -0.39 is 36.8 Å². The summed E-state index contributed by atoms with van der Waals surface area (Å²) in [6, 6.07) is -1.87. The van der Waals surface area contributed by atoms with Crippen molar-refractivity contribution >= 4 is 11.4 Å². The Morgan fingerprint density at radius 1 is 0.421 bits per heavy atom. The van der Waals surface area contributed by atoms with Crippen molar-refractivity contribution in [2.45, 2.75) is 171 Å². The smallest absolute Gasteiger partial charge is 0.125 e. The number of rotatable bonds is 6. The van der Waals surface area contributed by atoms with Crippen LogP contribution in [0.1, 0.15) is 122 Å². The Morgan fingerprint density at radius 3 is 1.13 bits per heavy atom. The third-order valence-corrected chi connectivity index (χ3v) is 10.1. The number of hydrogen-bond acceptors (Lipinski definition) is 3. The Balaban J connectivity index is 1.42. The van der Waals surface area contributed by atoms with E-state index in [0.29, 0.717) is 38.5 Å². The van der Waals surface area contributed by atoms with Crippen LogP contribution in [-0.2, 0) is 0 Å².